The number of fused-ring (bicyclic) bond motifs is 3. The van der Waals surface area contributed by atoms with Crippen LogP contribution in [0, 0.1) is 29.1 Å². The smallest absolute Gasteiger partial charge is 0.153 e. The van der Waals surface area contributed by atoms with E-state index in [0.717, 1.165) is 40.9 Å². The van der Waals surface area contributed by atoms with Gasteiger partial charge in [0.15, 0.2) is 5.78 Å². The van der Waals surface area contributed by atoms with E-state index in [0.29, 0.717) is 13.0 Å². The zero-order valence-electron chi connectivity index (χ0n) is 17.5. The number of hydrogen-bond acceptors (Lipinski definition) is 5. The quantitative estimate of drug-likeness (QED) is 0.681. The van der Waals surface area contributed by atoms with Gasteiger partial charge in [-0.05, 0) is 30.7 Å². The minimum atomic E-state index is -0.634. The van der Waals surface area contributed by atoms with Crippen molar-refractivity contribution in [3.8, 4) is 17.3 Å². The first-order valence-electron chi connectivity index (χ1n) is 10.8. The van der Waals surface area contributed by atoms with Crippen molar-refractivity contribution in [1.82, 2.24) is 20.0 Å². The maximum absolute atomic E-state index is 12.9. The molecule has 7 nitrogen and oxygen atoms in total. The Morgan fingerprint density at radius 3 is 2.90 bits per heavy atom. The lowest BCUT2D eigenvalue weighted by molar-refractivity contribution is -0.131. The summed E-state index contributed by atoms with van der Waals surface area (Å²) in [4.78, 5) is 12.9. The van der Waals surface area contributed by atoms with Crippen LogP contribution in [0.3, 0.4) is 0 Å². The predicted molar refractivity (Wildman–Crippen MR) is 114 cm³/mol. The highest BCUT2D eigenvalue weighted by Gasteiger charge is 2.57. The maximum Gasteiger partial charge on any atom is 0.153 e. The molecule has 0 radical (unpaired) electrons. The molecule has 4 atom stereocenters. The molecule has 2 heterocycles. The number of aliphatic hydroxyl groups excluding tert-OH is 1. The summed E-state index contributed by atoms with van der Waals surface area (Å²) < 4.78 is 1.72. The topological polar surface area (TPSA) is 108 Å². The van der Waals surface area contributed by atoms with E-state index in [1.54, 1.807) is 10.9 Å². The Balaban J connectivity index is 1.69. The lowest BCUT2D eigenvalue weighted by Gasteiger charge is -2.50. The fraction of sp³-hybridized carbons (Fsp3) is 0.417. The molecule has 0 spiro atoms. The van der Waals surface area contributed by atoms with Gasteiger partial charge in [-0.2, -0.15) is 15.5 Å². The third-order valence-corrected chi connectivity index (χ3v) is 7.25. The molecular weight excluding hydrogens is 390 g/mol. The summed E-state index contributed by atoms with van der Waals surface area (Å²) in [5, 5.41) is 31.4. The summed E-state index contributed by atoms with van der Waals surface area (Å²) in [7, 11) is 0. The van der Waals surface area contributed by atoms with E-state index in [2.05, 4.69) is 28.4 Å². The molecule has 0 bridgehead atoms. The molecule has 1 saturated carbocycles. The van der Waals surface area contributed by atoms with Crippen molar-refractivity contribution >= 4 is 5.78 Å². The van der Waals surface area contributed by atoms with Crippen LogP contribution in [0.2, 0.25) is 0 Å². The number of rotatable bonds is 4. The second kappa shape index (κ2) is 7.47. The lowest BCUT2D eigenvalue weighted by atomic mass is 9.51. The summed E-state index contributed by atoms with van der Waals surface area (Å²) >= 11 is 0. The van der Waals surface area contributed by atoms with Crippen LogP contribution in [0.25, 0.3) is 11.3 Å². The number of aromatic nitrogens is 4. The average Bonchev–Trinajstić information content (AvgIpc) is 3.44. The van der Waals surface area contributed by atoms with Gasteiger partial charge in [0.25, 0.3) is 0 Å². The van der Waals surface area contributed by atoms with Crippen LogP contribution in [0.4, 0.5) is 0 Å². The number of carbonyl (C=O) groups is 1. The average molecular weight is 415 g/mol. The third kappa shape index (κ3) is 2.86. The van der Waals surface area contributed by atoms with Gasteiger partial charge in [0, 0.05) is 28.7 Å². The summed E-state index contributed by atoms with van der Waals surface area (Å²) in [6.45, 7) is 2.45. The minimum absolute atomic E-state index is 0.0302. The van der Waals surface area contributed by atoms with Crippen molar-refractivity contribution in [3.05, 3.63) is 59.5 Å². The molecule has 158 valence electrons. The number of nitriles is 1. The summed E-state index contributed by atoms with van der Waals surface area (Å²) in [5.74, 6) is -0.666. The van der Waals surface area contributed by atoms with Gasteiger partial charge in [-0.1, -0.05) is 37.3 Å². The largest absolute Gasteiger partial charge is 0.394 e. The van der Waals surface area contributed by atoms with Crippen molar-refractivity contribution in [3.63, 3.8) is 0 Å². The van der Waals surface area contributed by atoms with Gasteiger partial charge in [-0.15, -0.1) is 0 Å². The number of Topliss-reactive ketones (excluding diaryl/α,β-unsaturated/α-hetero) is 1. The third-order valence-electron chi connectivity index (χ3n) is 7.25. The normalized spacial score (nSPS) is 27.4. The SMILES string of the molecule is C[C@@H]1C(=O)C(C#N)C[C@@]2(c3ccccc3)c3n[nH]c(-c4cnn(CCO)c4)c3CCC12. The molecule has 7 heteroatoms. The highest BCUT2D eigenvalue weighted by atomic mass is 16.3. The Hall–Kier alpha value is -3.24. The summed E-state index contributed by atoms with van der Waals surface area (Å²) in [6, 6.07) is 12.5. The number of carbonyl (C=O) groups excluding carboxylic acids is 1. The number of aromatic amines is 1. The van der Waals surface area contributed by atoms with Crippen LogP contribution in [0.15, 0.2) is 42.7 Å². The number of benzene rings is 1. The van der Waals surface area contributed by atoms with Gasteiger partial charge >= 0.3 is 0 Å². The first kappa shape index (κ1) is 19.7. The second-order valence-corrected chi connectivity index (χ2v) is 8.70. The number of ketones is 1. The van der Waals surface area contributed by atoms with Crippen LogP contribution >= 0.6 is 0 Å². The Labute approximate surface area is 180 Å². The number of nitrogens with one attached hydrogen (secondary N) is 1. The van der Waals surface area contributed by atoms with E-state index in [4.69, 9.17) is 5.10 Å². The number of H-pyrrole nitrogens is 1. The number of hydrogen-bond donors (Lipinski definition) is 2. The van der Waals surface area contributed by atoms with Crippen LogP contribution in [-0.2, 0) is 23.2 Å². The molecule has 2 aromatic heterocycles. The maximum atomic E-state index is 12.9. The van der Waals surface area contributed by atoms with Crippen molar-refractivity contribution in [2.45, 2.75) is 38.1 Å². The molecule has 2 N–H and O–H groups in total. The second-order valence-electron chi connectivity index (χ2n) is 8.70. The van der Waals surface area contributed by atoms with Gasteiger partial charge in [-0.25, -0.2) is 0 Å². The van der Waals surface area contributed by atoms with Gasteiger partial charge in [-0.3, -0.25) is 14.6 Å². The van der Waals surface area contributed by atoms with Crippen LogP contribution in [0.5, 0.6) is 0 Å². The van der Waals surface area contributed by atoms with Crippen molar-refractivity contribution in [2.24, 2.45) is 17.8 Å². The zero-order chi connectivity index (χ0) is 21.6. The van der Waals surface area contributed by atoms with E-state index in [-0.39, 0.29) is 24.2 Å². The standard InChI is InChI=1S/C24H25N5O2/c1-15-20-8-7-19-21(17-13-26-29(14-17)9-10-30)27-28-23(19)24(20,11-16(12-25)22(15)31)18-5-3-2-4-6-18/h2-6,13-16,20,30H,7-11H2,1H3,(H,27,28)/t15-,16?,20?,24-/m0/s1. The van der Waals surface area contributed by atoms with E-state index < -0.39 is 11.3 Å². The molecule has 1 fully saturated rings. The fourth-order valence-electron chi connectivity index (χ4n) is 5.83. The minimum Gasteiger partial charge on any atom is -0.394 e. The molecule has 0 aliphatic heterocycles. The van der Waals surface area contributed by atoms with E-state index >= 15 is 0 Å². The molecule has 0 amide bonds. The Morgan fingerprint density at radius 1 is 1.35 bits per heavy atom. The van der Waals surface area contributed by atoms with E-state index in [9.17, 15) is 15.2 Å². The molecule has 2 aliphatic carbocycles. The monoisotopic (exact) mass is 415 g/mol. The highest BCUT2D eigenvalue weighted by molar-refractivity contribution is 5.87. The Morgan fingerprint density at radius 2 is 2.16 bits per heavy atom. The molecule has 31 heavy (non-hydrogen) atoms. The molecular formula is C24H25N5O2. The molecule has 1 aromatic carbocycles. The highest BCUT2D eigenvalue weighted by Crippen LogP contribution is 2.56. The summed E-state index contributed by atoms with van der Waals surface area (Å²) in [6.07, 6.45) is 5.85. The van der Waals surface area contributed by atoms with Crippen LogP contribution in [0.1, 0.15) is 36.6 Å². The van der Waals surface area contributed by atoms with Gasteiger partial charge in [0.05, 0.1) is 36.8 Å². The first-order valence-corrected chi connectivity index (χ1v) is 10.8. The zero-order valence-corrected chi connectivity index (χ0v) is 17.5. The van der Waals surface area contributed by atoms with Crippen molar-refractivity contribution in [1.29, 1.82) is 5.26 Å². The molecule has 2 aliphatic rings. The number of nitrogens with zero attached hydrogens (tertiary/aromatic N) is 4. The number of aliphatic hydroxyl groups is 1. The van der Waals surface area contributed by atoms with Crippen molar-refractivity contribution in [2.75, 3.05) is 6.61 Å². The van der Waals surface area contributed by atoms with E-state index in [1.165, 1.54) is 0 Å². The van der Waals surface area contributed by atoms with Crippen molar-refractivity contribution < 1.29 is 9.90 Å². The Bertz CT molecular complexity index is 1160. The fourth-order valence-corrected chi connectivity index (χ4v) is 5.83. The molecule has 0 saturated heterocycles. The first-order chi connectivity index (χ1) is 15.1. The molecule has 3 aromatic rings. The van der Waals surface area contributed by atoms with Crippen LogP contribution in [-0.4, -0.2) is 37.5 Å². The predicted octanol–water partition coefficient (Wildman–Crippen LogP) is 2.86. The summed E-state index contributed by atoms with van der Waals surface area (Å²) in [5.41, 5.74) is 4.61. The van der Waals surface area contributed by atoms with Gasteiger partial charge < -0.3 is 5.11 Å². The Kier molecular flexibility index (Phi) is 4.75. The molecule has 5 rings (SSSR count). The lowest BCUT2D eigenvalue weighted by Crippen LogP contribution is -2.52. The van der Waals surface area contributed by atoms with Gasteiger partial charge in [0.1, 0.15) is 5.92 Å². The van der Waals surface area contributed by atoms with Crippen LogP contribution < -0.4 is 0 Å². The molecule has 2 unspecified atom stereocenters. The van der Waals surface area contributed by atoms with E-state index in [1.807, 2.05) is 31.3 Å². The van der Waals surface area contributed by atoms with Gasteiger partial charge in [0.2, 0.25) is 0 Å².